The van der Waals surface area contributed by atoms with Crippen LogP contribution in [0.5, 0.6) is 0 Å². The molecule has 1 aromatic carbocycles. The van der Waals surface area contributed by atoms with Gasteiger partial charge in [0.1, 0.15) is 18.1 Å². The number of carboxylic acid groups (broad SMARTS) is 1. The van der Waals surface area contributed by atoms with E-state index in [4.69, 9.17) is 20.8 Å². The summed E-state index contributed by atoms with van der Waals surface area (Å²) in [5, 5.41) is 15.8. The van der Waals surface area contributed by atoms with E-state index in [1.54, 1.807) is 24.6 Å². The van der Waals surface area contributed by atoms with Crippen LogP contribution in [0.1, 0.15) is 66.7 Å². The van der Waals surface area contributed by atoms with Crippen LogP contribution in [0.25, 0.3) is 0 Å². The molecule has 1 fully saturated rings. The highest BCUT2D eigenvalue weighted by atomic mass is 35.5. The molecule has 2 aliphatic rings. The van der Waals surface area contributed by atoms with E-state index in [9.17, 15) is 19.1 Å². The molecule has 0 radical (unpaired) electrons. The standard InChI is InChI=1S/C27H26ClFN4O5S/c1-2-37-19(34)12-16-13-38-25(31-16)15-8-6-14(7-9-15)22-20(27(35)36)23(17-4-3-5-18(29)21(17)28)33-24(32-22)26-30-10-11-39-26/h3-5,10-11,13-15,23H,2,6-9,12H2,1H3,(H,32,33)(H,35,36). The molecule has 2 aromatic heterocycles. The van der Waals surface area contributed by atoms with Crippen molar-refractivity contribution in [2.24, 2.45) is 10.9 Å². The number of oxazole rings is 1. The highest BCUT2D eigenvalue weighted by Gasteiger charge is 2.38. The van der Waals surface area contributed by atoms with Gasteiger partial charge in [0.2, 0.25) is 0 Å². The second-order valence-electron chi connectivity index (χ2n) is 9.33. The number of rotatable bonds is 8. The van der Waals surface area contributed by atoms with Gasteiger partial charge in [-0.2, -0.15) is 0 Å². The lowest BCUT2D eigenvalue weighted by molar-refractivity contribution is -0.142. The normalized spacial score (nSPS) is 21.3. The zero-order valence-corrected chi connectivity index (χ0v) is 22.6. The van der Waals surface area contributed by atoms with Gasteiger partial charge in [0, 0.05) is 28.8 Å². The monoisotopic (exact) mass is 572 g/mol. The third-order valence-corrected chi connectivity index (χ3v) is 8.08. The lowest BCUT2D eigenvalue weighted by atomic mass is 9.78. The second-order valence-corrected chi connectivity index (χ2v) is 10.6. The molecule has 9 nitrogen and oxygen atoms in total. The van der Waals surface area contributed by atoms with Crippen molar-refractivity contribution in [3.63, 3.8) is 0 Å². The molecule has 0 spiro atoms. The van der Waals surface area contributed by atoms with Gasteiger partial charge in [-0.3, -0.25) is 9.79 Å². The molecular weight excluding hydrogens is 547 g/mol. The van der Waals surface area contributed by atoms with E-state index < -0.39 is 17.8 Å². The first-order valence-electron chi connectivity index (χ1n) is 12.6. The Morgan fingerprint density at radius 3 is 2.72 bits per heavy atom. The minimum Gasteiger partial charge on any atom is -0.478 e. The SMILES string of the molecule is CCOC(=O)Cc1coc(C2CCC(C3=C(C(=O)O)C(c4cccc(F)c4Cl)N=C(c4nccs4)N3)CC2)n1. The van der Waals surface area contributed by atoms with Gasteiger partial charge in [0.15, 0.2) is 16.7 Å². The Kier molecular flexibility index (Phi) is 8.08. The number of nitrogens with zero attached hydrogens (tertiary/aromatic N) is 3. The Bertz CT molecular complexity index is 1430. The molecule has 0 amide bonds. The van der Waals surface area contributed by atoms with Gasteiger partial charge in [-0.05, 0) is 44.6 Å². The summed E-state index contributed by atoms with van der Waals surface area (Å²) in [6, 6.07) is 3.31. The molecule has 3 aromatic rings. The van der Waals surface area contributed by atoms with Gasteiger partial charge in [-0.15, -0.1) is 11.3 Å². The molecule has 5 rings (SSSR count). The summed E-state index contributed by atoms with van der Waals surface area (Å²) in [5.41, 5.74) is 1.38. The Morgan fingerprint density at radius 1 is 1.26 bits per heavy atom. The quantitative estimate of drug-likeness (QED) is 0.342. The molecule has 3 heterocycles. The zero-order valence-electron chi connectivity index (χ0n) is 21.0. The molecule has 0 saturated heterocycles. The van der Waals surface area contributed by atoms with Crippen LogP contribution < -0.4 is 5.32 Å². The van der Waals surface area contributed by atoms with Crippen LogP contribution in [-0.2, 0) is 20.7 Å². The van der Waals surface area contributed by atoms with Crippen molar-refractivity contribution in [2.45, 2.75) is 51.0 Å². The van der Waals surface area contributed by atoms with E-state index in [0.29, 0.717) is 60.4 Å². The lowest BCUT2D eigenvalue weighted by Crippen LogP contribution is -2.37. The number of hydrogen-bond acceptors (Lipinski definition) is 9. The summed E-state index contributed by atoms with van der Waals surface area (Å²) in [5.74, 6) is -1.25. The number of nitrogens with one attached hydrogen (secondary N) is 1. The fourth-order valence-corrected chi connectivity index (χ4v) is 5.93. The van der Waals surface area contributed by atoms with Crippen LogP contribution in [0.4, 0.5) is 4.39 Å². The maximum atomic E-state index is 14.4. The van der Waals surface area contributed by atoms with E-state index in [-0.39, 0.29) is 40.4 Å². The predicted octanol–water partition coefficient (Wildman–Crippen LogP) is 5.43. The topological polar surface area (TPSA) is 127 Å². The average molecular weight is 573 g/mol. The number of carbonyl (C=O) groups is 2. The molecule has 204 valence electrons. The first kappa shape index (κ1) is 27.0. The largest absolute Gasteiger partial charge is 0.478 e. The van der Waals surface area contributed by atoms with Crippen LogP contribution in [0.3, 0.4) is 0 Å². The predicted molar refractivity (Wildman–Crippen MR) is 142 cm³/mol. The summed E-state index contributed by atoms with van der Waals surface area (Å²) in [6.45, 7) is 2.05. The first-order chi connectivity index (χ1) is 18.9. The molecule has 1 saturated carbocycles. The third-order valence-electron chi connectivity index (χ3n) is 6.90. The highest BCUT2D eigenvalue weighted by Crippen LogP contribution is 2.43. The summed E-state index contributed by atoms with van der Waals surface area (Å²) < 4.78 is 25.0. The molecular formula is C27H26ClFN4O5S. The van der Waals surface area contributed by atoms with Crippen molar-refractivity contribution in [3.05, 3.63) is 80.3 Å². The molecule has 1 aliphatic heterocycles. The molecule has 39 heavy (non-hydrogen) atoms. The summed E-state index contributed by atoms with van der Waals surface area (Å²) in [6.07, 6.45) is 5.91. The number of ether oxygens (including phenoxy) is 1. The number of allylic oxidation sites excluding steroid dienone is 1. The number of benzene rings is 1. The number of carboxylic acids is 1. The Labute approximate surface area is 232 Å². The molecule has 12 heteroatoms. The van der Waals surface area contributed by atoms with Gasteiger partial charge in [0.05, 0.1) is 29.3 Å². The van der Waals surface area contributed by atoms with Crippen LogP contribution in [-0.4, -0.2) is 39.5 Å². The van der Waals surface area contributed by atoms with E-state index in [0.717, 1.165) is 0 Å². The van der Waals surface area contributed by atoms with Gasteiger partial charge >= 0.3 is 11.9 Å². The van der Waals surface area contributed by atoms with Crippen molar-refractivity contribution < 1.29 is 28.2 Å². The minimum atomic E-state index is -1.15. The van der Waals surface area contributed by atoms with Crippen molar-refractivity contribution in [1.82, 2.24) is 15.3 Å². The zero-order chi connectivity index (χ0) is 27.5. The van der Waals surface area contributed by atoms with Crippen molar-refractivity contribution in [1.29, 1.82) is 0 Å². The third kappa shape index (κ3) is 5.74. The van der Waals surface area contributed by atoms with Crippen molar-refractivity contribution in [3.8, 4) is 0 Å². The minimum absolute atomic E-state index is 0.0372. The molecule has 2 N–H and O–H groups in total. The van der Waals surface area contributed by atoms with Crippen LogP contribution in [0.2, 0.25) is 5.02 Å². The van der Waals surface area contributed by atoms with E-state index in [1.807, 2.05) is 0 Å². The Morgan fingerprint density at radius 2 is 2.03 bits per heavy atom. The summed E-state index contributed by atoms with van der Waals surface area (Å²) in [7, 11) is 0. The summed E-state index contributed by atoms with van der Waals surface area (Å²) in [4.78, 5) is 37.9. The molecule has 1 unspecified atom stereocenters. The number of esters is 1. The number of thiazole rings is 1. The smallest absolute Gasteiger partial charge is 0.335 e. The molecule has 0 bridgehead atoms. The number of hydrogen-bond donors (Lipinski definition) is 2. The number of carbonyl (C=O) groups excluding carboxylic acids is 1. The second kappa shape index (κ2) is 11.7. The fourth-order valence-electron chi connectivity index (χ4n) is 5.11. The van der Waals surface area contributed by atoms with Crippen molar-refractivity contribution in [2.75, 3.05) is 6.61 Å². The van der Waals surface area contributed by atoms with E-state index >= 15 is 0 Å². The van der Waals surface area contributed by atoms with E-state index in [1.165, 1.54) is 29.7 Å². The number of aromatic nitrogens is 2. The maximum absolute atomic E-state index is 14.4. The fraction of sp³-hybridized carbons (Fsp3) is 0.370. The van der Waals surface area contributed by atoms with Crippen LogP contribution >= 0.6 is 22.9 Å². The van der Waals surface area contributed by atoms with Crippen LogP contribution in [0.15, 0.2) is 56.7 Å². The van der Waals surface area contributed by atoms with E-state index in [2.05, 4.69) is 20.3 Å². The maximum Gasteiger partial charge on any atom is 0.335 e. The van der Waals surface area contributed by atoms with Gasteiger partial charge in [0.25, 0.3) is 0 Å². The summed E-state index contributed by atoms with van der Waals surface area (Å²) >= 11 is 7.67. The van der Waals surface area contributed by atoms with Gasteiger partial charge in [-0.1, -0.05) is 23.7 Å². The highest BCUT2D eigenvalue weighted by molar-refractivity contribution is 7.11. The number of aliphatic imine (C=N–C) groups is 1. The Hall–Kier alpha value is -3.57. The molecule has 1 atom stereocenters. The van der Waals surface area contributed by atoms with Crippen molar-refractivity contribution >= 4 is 40.7 Å². The average Bonchev–Trinajstić information content (AvgIpc) is 3.63. The Balaban J connectivity index is 1.41. The van der Waals surface area contributed by atoms with Gasteiger partial charge < -0.3 is 19.6 Å². The number of aliphatic carboxylic acids is 1. The lowest BCUT2D eigenvalue weighted by Gasteiger charge is -2.34. The number of amidine groups is 1. The molecule has 1 aliphatic carbocycles. The number of halogens is 2. The van der Waals surface area contributed by atoms with Crippen LogP contribution in [0, 0.1) is 11.7 Å². The van der Waals surface area contributed by atoms with Gasteiger partial charge in [-0.25, -0.2) is 19.2 Å². The first-order valence-corrected chi connectivity index (χ1v) is 13.9.